The van der Waals surface area contributed by atoms with E-state index >= 15 is 0 Å². The van der Waals surface area contributed by atoms with E-state index in [0.29, 0.717) is 13.0 Å². The van der Waals surface area contributed by atoms with Crippen molar-refractivity contribution in [2.75, 3.05) is 0 Å². The van der Waals surface area contributed by atoms with Gasteiger partial charge in [0.25, 0.3) is 0 Å². The van der Waals surface area contributed by atoms with Gasteiger partial charge in [-0.3, -0.25) is 4.79 Å². The molecule has 1 aliphatic rings. The molecule has 22 heavy (non-hydrogen) atoms. The Morgan fingerprint density at radius 3 is 2.36 bits per heavy atom. The van der Waals surface area contributed by atoms with Gasteiger partial charge in [0.15, 0.2) is 0 Å². The first-order chi connectivity index (χ1) is 10.7. The van der Waals surface area contributed by atoms with Gasteiger partial charge in [-0.25, -0.2) is 0 Å². The molecular formula is C20H21NO. The Morgan fingerprint density at radius 2 is 1.64 bits per heavy atom. The van der Waals surface area contributed by atoms with Gasteiger partial charge in [-0.05, 0) is 36.5 Å². The maximum absolute atomic E-state index is 12.1. The molecule has 0 saturated carbocycles. The highest BCUT2D eigenvalue weighted by atomic mass is 16.2. The van der Waals surface area contributed by atoms with E-state index in [-0.39, 0.29) is 5.91 Å². The van der Waals surface area contributed by atoms with Crippen molar-refractivity contribution in [3.63, 3.8) is 0 Å². The van der Waals surface area contributed by atoms with Crippen LogP contribution in [-0.4, -0.2) is 10.8 Å². The Kier molecular flexibility index (Phi) is 4.38. The number of carbonyl (C=O) groups excluding carboxylic acids is 1. The molecule has 0 N–H and O–H groups in total. The van der Waals surface area contributed by atoms with E-state index in [0.717, 1.165) is 12.8 Å². The van der Waals surface area contributed by atoms with Crippen LogP contribution in [-0.2, 0) is 17.8 Å². The van der Waals surface area contributed by atoms with Gasteiger partial charge in [0.1, 0.15) is 0 Å². The molecule has 0 bridgehead atoms. The number of amides is 1. The second kappa shape index (κ2) is 6.61. The third-order valence-corrected chi connectivity index (χ3v) is 4.07. The number of carbonyl (C=O) groups is 1. The number of aryl methyl sites for hydroxylation is 1. The summed E-state index contributed by atoms with van der Waals surface area (Å²) in [5.74, 6) is 0.219. The van der Waals surface area contributed by atoms with Crippen LogP contribution >= 0.6 is 0 Å². The van der Waals surface area contributed by atoms with E-state index in [1.54, 1.807) is 0 Å². The highest BCUT2D eigenvalue weighted by molar-refractivity contribution is 5.78. The molecule has 2 heteroatoms. The van der Waals surface area contributed by atoms with Gasteiger partial charge in [0, 0.05) is 12.6 Å². The largest absolute Gasteiger partial charge is 0.315 e. The third-order valence-electron chi connectivity index (χ3n) is 4.07. The van der Waals surface area contributed by atoms with Gasteiger partial charge in [-0.15, -0.1) is 0 Å². The summed E-state index contributed by atoms with van der Waals surface area (Å²) in [5.41, 5.74) is 5.09. The van der Waals surface area contributed by atoms with Crippen LogP contribution in [0, 0.1) is 6.92 Å². The maximum atomic E-state index is 12.1. The summed E-state index contributed by atoms with van der Waals surface area (Å²) in [6.07, 6.45) is 4.47. The predicted molar refractivity (Wildman–Crippen MR) is 89.2 cm³/mol. The minimum absolute atomic E-state index is 0.219. The Bertz CT molecular complexity index is 671. The average molecular weight is 291 g/mol. The number of nitrogens with zero attached hydrogens (tertiary/aromatic N) is 1. The molecule has 0 unspecified atom stereocenters. The fraction of sp³-hybridized carbons (Fsp3) is 0.250. The third kappa shape index (κ3) is 3.64. The van der Waals surface area contributed by atoms with E-state index in [1.807, 2.05) is 23.1 Å². The van der Waals surface area contributed by atoms with Gasteiger partial charge in [-0.1, -0.05) is 60.2 Å². The molecule has 112 valence electrons. The number of benzene rings is 2. The predicted octanol–water partition coefficient (Wildman–Crippen LogP) is 4.24. The molecule has 0 fully saturated rings. The van der Waals surface area contributed by atoms with E-state index in [9.17, 15) is 4.79 Å². The van der Waals surface area contributed by atoms with Crippen LogP contribution in [0.1, 0.15) is 29.5 Å². The minimum Gasteiger partial charge on any atom is -0.315 e. The average Bonchev–Trinajstić information content (AvgIpc) is 2.54. The smallest absolute Gasteiger partial charge is 0.227 e. The van der Waals surface area contributed by atoms with Crippen LogP contribution in [0.15, 0.2) is 66.4 Å². The van der Waals surface area contributed by atoms with Crippen molar-refractivity contribution in [1.82, 2.24) is 4.90 Å². The normalized spacial score (nSPS) is 14.9. The topological polar surface area (TPSA) is 20.3 Å². The molecule has 1 heterocycles. The summed E-state index contributed by atoms with van der Waals surface area (Å²) in [6, 6.07) is 18.8. The molecule has 1 aliphatic heterocycles. The lowest BCUT2D eigenvalue weighted by molar-refractivity contribution is -0.129. The molecule has 2 aromatic rings. The summed E-state index contributed by atoms with van der Waals surface area (Å²) in [7, 11) is 0. The number of rotatable bonds is 4. The first kappa shape index (κ1) is 14.6. The van der Waals surface area contributed by atoms with Crippen molar-refractivity contribution in [1.29, 1.82) is 0 Å². The lowest BCUT2D eigenvalue weighted by Crippen LogP contribution is -2.29. The summed E-state index contributed by atoms with van der Waals surface area (Å²) < 4.78 is 0. The quantitative estimate of drug-likeness (QED) is 0.825. The van der Waals surface area contributed by atoms with Gasteiger partial charge in [0.2, 0.25) is 5.91 Å². The highest BCUT2D eigenvalue weighted by Crippen LogP contribution is 2.22. The van der Waals surface area contributed by atoms with Crippen molar-refractivity contribution >= 4 is 5.91 Å². The van der Waals surface area contributed by atoms with Crippen molar-refractivity contribution in [3.05, 3.63) is 83.1 Å². The second-order valence-electron chi connectivity index (χ2n) is 5.96. The zero-order chi connectivity index (χ0) is 15.4. The fourth-order valence-electron chi connectivity index (χ4n) is 2.78. The van der Waals surface area contributed by atoms with Gasteiger partial charge in [-0.2, -0.15) is 0 Å². The minimum atomic E-state index is 0.219. The Morgan fingerprint density at radius 1 is 0.909 bits per heavy atom. The van der Waals surface area contributed by atoms with E-state index in [4.69, 9.17) is 0 Å². The maximum Gasteiger partial charge on any atom is 0.227 e. The lowest BCUT2D eigenvalue weighted by Gasteiger charge is -2.25. The first-order valence-corrected chi connectivity index (χ1v) is 7.79. The summed E-state index contributed by atoms with van der Waals surface area (Å²) in [6.45, 7) is 2.76. The molecule has 2 nitrogen and oxygen atoms in total. The standard InChI is InChI=1S/C20H21NO/c1-16-7-9-17(10-8-16)13-19-11-12-20(22)21(15-19)14-18-5-3-2-4-6-18/h2-10,15H,11-14H2,1H3. The zero-order valence-electron chi connectivity index (χ0n) is 13.0. The van der Waals surface area contributed by atoms with E-state index < -0.39 is 0 Å². The molecule has 0 radical (unpaired) electrons. The second-order valence-corrected chi connectivity index (χ2v) is 5.96. The lowest BCUT2D eigenvalue weighted by atomic mass is 9.98. The van der Waals surface area contributed by atoms with Crippen LogP contribution in [0.5, 0.6) is 0 Å². The molecular weight excluding hydrogens is 270 g/mol. The van der Waals surface area contributed by atoms with E-state index in [1.165, 1.54) is 22.3 Å². The molecule has 3 rings (SSSR count). The SMILES string of the molecule is Cc1ccc(CC2=CN(Cc3ccccc3)C(=O)CC2)cc1. The van der Waals surface area contributed by atoms with Crippen molar-refractivity contribution in [3.8, 4) is 0 Å². The van der Waals surface area contributed by atoms with Gasteiger partial charge >= 0.3 is 0 Å². The fourth-order valence-corrected chi connectivity index (χ4v) is 2.78. The van der Waals surface area contributed by atoms with Crippen LogP contribution in [0.3, 0.4) is 0 Å². The van der Waals surface area contributed by atoms with Crippen LogP contribution in [0.4, 0.5) is 0 Å². The number of allylic oxidation sites excluding steroid dienone is 1. The summed E-state index contributed by atoms with van der Waals surface area (Å²) >= 11 is 0. The van der Waals surface area contributed by atoms with Gasteiger partial charge < -0.3 is 4.90 Å². The number of hydrogen-bond acceptors (Lipinski definition) is 1. The summed E-state index contributed by atoms with van der Waals surface area (Å²) in [4.78, 5) is 14.0. The molecule has 0 aromatic heterocycles. The van der Waals surface area contributed by atoms with Crippen molar-refractivity contribution in [2.24, 2.45) is 0 Å². The molecule has 2 aromatic carbocycles. The van der Waals surface area contributed by atoms with Crippen LogP contribution < -0.4 is 0 Å². The van der Waals surface area contributed by atoms with Crippen molar-refractivity contribution in [2.45, 2.75) is 32.7 Å². The zero-order valence-corrected chi connectivity index (χ0v) is 13.0. The van der Waals surface area contributed by atoms with E-state index in [2.05, 4.69) is 49.5 Å². The van der Waals surface area contributed by atoms with Crippen molar-refractivity contribution < 1.29 is 4.79 Å². The number of hydrogen-bond donors (Lipinski definition) is 0. The molecule has 1 amide bonds. The first-order valence-electron chi connectivity index (χ1n) is 7.79. The Labute approximate surface area is 132 Å². The molecule has 0 spiro atoms. The van der Waals surface area contributed by atoms with Gasteiger partial charge in [0.05, 0.1) is 6.54 Å². The molecule has 0 aliphatic carbocycles. The Balaban J connectivity index is 1.73. The van der Waals surface area contributed by atoms with Crippen LogP contribution in [0.2, 0.25) is 0 Å². The van der Waals surface area contributed by atoms with Crippen LogP contribution in [0.25, 0.3) is 0 Å². The molecule has 0 saturated heterocycles. The molecule has 0 atom stereocenters. The highest BCUT2D eigenvalue weighted by Gasteiger charge is 2.18. The summed E-state index contributed by atoms with van der Waals surface area (Å²) in [5, 5.41) is 0. The Hall–Kier alpha value is -2.35. The monoisotopic (exact) mass is 291 g/mol.